The third kappa shape index (κ3) is 5.78. The van der Waals surface area contributed by atoms with E-state index in [1.165, 1.54) is 12.1 Å². The standard InChI is InChI=1S/C18H22ClFN2O2S/c1-18(2,3)22-25(23,24)17-7-5-4-6-14(17)12-21-11-13-8-9-15(19)16(20)10-13/h4-10,21-22H,11-12H2,1-3H3. The van der Waals surface area contributed by atoms with Gasteiger partial charge in [-0.2, -0.15) is 0 Å². The second-order valence-electron chi connectivity index (χ2n) is 6.82. The van der Waals surface area contributed by atoms with Crippen molar-refractivity contribution in [2.45, 2.75) is 44.3 Å². The van der Waals surface area contributed by atoms with Gasteiger partial charge in [-0.15, -0.1) is 0 Å². The average molecular weight is 385 g/mol. The molecule has 7 heteroatoms. The van der Waals surface area contributed by atoms with Crippen LogP contribution in [-0.2, 0) is 23.1 Å². The summed E-state index contributed by atoms with van der Waals surface area (Å²) in [6, 6.07) is 11.4. The first-order valence-electron chi connectivity index (χ1n) is 7.85. The molecule has 0 unspecified atom stereocenters. The van der Waals surface area contributed by atoms with E-state index < -0.39 is 21.4 Å². The van der Waals surface area contributed by atoms with Gasteiger partial charge in [0, 0.05) is 18.6 Å². The Hall–Kier alpha value is -1.47. The molecule has 2 aromatic rings. The Morgan fingerprint density at radius 1 is 1.08 bits per heavy atom. The minimum atomic E-state index is -3.62. The number of rotatable bonds is 6. The van der Waals surface area contributed by atoms with Gasteiger partial charge in [-0.3, -0.25) is 0 Å². The second kappa shape index (κ2) is 7.83. The van der Waals surface area contributed by atoms with Crippen LogP contribution in [0.2, 0.25) is 5.02 Å². The molecule has 0 radical (unpaired) electrons. The summed E-state index contributed by atoms with van der Waals surface area (Å²) in [5.74, 6) is -0.474. The van der Waals surface area contributed by atoms with Crippen molar-refractivity contribution in [3.8, 4) is 0 Å². The van der Waals surface area contributed by atoms with Crippen LogP contribution in [-0.4, -0.2) is 14.0 Å². The number of hydrogen-bond donors (Lipinski definition) is 2. The Balaban J connectivity index is 2.11. The fourth-order valence-corrected chi connectivity index (χ4v) is 4.14. The van der Waals surface area contributed by atoms with E-state index in [2.05, 4.69) is 10.0 Å². The van der Waals surface area contributed by atoms with Crippen LogP contribution < -0.4 is 10.0 Å². The van der Waals surface area contributed by atoms with Crippen molar-refractivity contribution in [2.75, 3.05) is 0 Å². The third-order valence-electron chi connectivity index (χ3n) is 3.33. The zero-order valence-electron chi connectivity index (χ0n) is 14.4. The maximum atomic E-state index is 13.5. The summed E-state index contributed by atoms with van der Waals surface area (Å²) in [6.07, 6.45) is 0. The molecule has 2 rings (SSSR count). The molecule has 136 valence electrons. The molecule has 0 saturated carbocycles. The van der Waals surface area contributed by atoms with E-state index in [4.69, 9.17) is 11.6 Å². The number of sulfonamides is 1. The van der Waals surface area contributed by atoms with Crippen LogP contribution in [0.5, 0.6) is 0 Å². The van der Waals surface area contributed by atoms with Gasteiger partial charge in [0.25, 0.3) is 0 Å². The maximum Gasteiger partial charge on any atom is 0.241 e. The van der Waals surface area contributed by atoms with E-state index in [-0.39, 0.29) is 9.92 Å². The van der Waals surface area contributed by atoms with Crippen molar-refractivity contribution in [3.05, 3.63) is 64.4 Å². The Labute approximate surface area is 153 Å². The lowest BCUT2D eigenvalue weighted by atomic mass is 10.1. The fourth-order valence-electron chi connectivity index (χ4n) is 2.36. The van der Waals surface area contributed by atoms with E-state index in [1.54, 1.807) is 51.1 Å². The highest BCUT2D eigenvalue weighted by molar-refractivity contribution is 7.89. The van der Waals surface area contributed by atoms with Crippen molar-refractivity contribution in [1.29, 1.82) is 0 Å². The van der Waals surface area contributed by atoms with Crippen LogP contribution in [0.1, 0.15) is 31.9 Å². The maximum absolute atomic E-state index is 13.5. The molecule has 0 spiro atoms. The van der Waals surface area contributed by atoms with Gasteiger partial charge in [0.05, 0.1) is 9.92 Å². The van der Waals surface area contributed by atoms with E-state index in [9.17, 15) is 12.8 Å². The molecule has 0 fully saturated rings. The van der Waals surface area contributed by atoms with Gasteiger partial charge in [0.15, 0.2) is 0 Å². The lowest BCUT2D eigenvalue weighted by molar-refractivity contribution is 0.490. The van der Waals surface area contributed by atoms with Gasteiger partial charge in [-0.1, -0.05) is 35.9 Å². The molecule has 25 heavy (non-hydrogen) atoms. The molecule has 0 atom stereocenters. The van der Waals surface area contributed by atoms with Crippen molar-refractivity contribution < 1.29 is 12.8 Å². The van der Waals surface area contributed by atoms with Crippen LogP contribution in [0.4, 0.5) is 4.39 Å². The first-order valence-corrected chi connectivity index (χ1v) is 9.71. The van der Waals surface area contributed by atoms with Gasteiger partial charge < -0.3 is 5.32 Å². The van der Waals surface area contributed by atoms with Crippen molar-refractivity contribution in [2.24, 2.45) is 0 Å². The van der Waals surface area contributed by atoms with Crippen LogP contribution in [0.3, 0.4) is 0 Å². The minimum Gasteiger partial charge on any atom is -0.309 e. The lowest BCUT2D eigenvalue weighted by Crippen LogP contribution is -2.40. The summed E-state index contributed by atoms with van der Waals surface area (Å²) in [6.45, 7) is 6.11. The van der Waals surface area contributed by atoms with Gasteiger partial charge in [0.2, 0.25) is 10.0 Å². The zero-order valence-corrected chi connectivity index (χ0v) is 16.0. The molecular weight excluding hydrogens is 363 g/mol. The first-order chi connectivity index (χ1) is 11.6. The quantitative estimate of drug-likeness (QED) is 0.795. The van der Waals surface area contributed by atoms with Crippen LogP contribution >= 0.6 is 11.6 Å². The van der Waals surface area contributed by atoms with Crippen molar-refractivity contribution in [1.82, 2.24) is 10.0 Å². The average Bonchev–Trinajstić information content (AvgIpc) is 2.49. The normalized spacial score (nSPS) is 12.4. The highest BCUT2D eigenvalue weighted by atomic mass is 35.5. The summed E-state index contributed by atoms with van der Waals surface area (Å²) < 4.78 is 41.3. The molecule has 0 aliphatic heterocycles. The molecule has 2 aromatic carbocycles. The summed E-state index contributed by atoms with van der Waals surface area (Å²) >= 11 is 5.67. The largest absolute Gasteiger partial charge is 0.309 e. The third-order valence-corrected chi connectivity index (χ3v) is 5.50. The predicted octanol–water partition coefficient (Wildman–Crippen LogP) is 3.85. The van der Waals surface area contributed by atoms with E-state index in [0.717, 1.165) is 5.56 Å². The van der Waals surface area contributed by atoms with Gasteiger partial charge >= 0.3 is 0 Å². The Bertz CT molecular complexity index is 848. The smallest absolute Gasteiger partial charge is 0.241 e. The Morgan fingerprint density at radius 2 is 1.76 bits per heavy atom. The summed E-state index contributed by atoms with van der Waals surface area (Å²) in [5.41, 5.74) is 0.809. The molecule has 0 aliphatic rings. The topological polar surface area (TPSA) is 58.2 Å². The van der Waals surface area contributed by atoms with E-state index >= 15 is 0 Å². The highest BCUT2D eigenvalue weighted by Crippen LogP contribution is 2.19. The summed E-state index contributed by atoms with van der Waals surface area (Å²) in [5, 5.41) is 3.22. The Morgan fingerprint density at radius 3 is 2.40 bits per heavy atom. The number of halogens is 2. The molecule has 0 saturated heterocycles. The molecule has 0 amide bonds. The molecule has 0 aliphatic carbocycles. The first kappa shape index (κ1) is 19.8. The number of hydrogen-bond acceptors (Lipinski definition) is 3. The monoisotopic (exact) mass is 384 g/mol. The summed E-state index contributed by atoms with van der Waals surface area (Å²) in [7, 11) is -3.62. The number of nitrogens with one attached hydrogen (secondary N) is 2. The van der Waals surface area contributed by atoms with Gasteiger partial charge in [0.1, 0.15) is 5.82 Å². The van der Waals surface area contributed by atoms with Crippen LogP contribution in [0.25, 0.3) is 0 Å². The van der Waals surface area contributed by atoms with Gasteiger partial charge in [-0.05, 0) is 50.1 Å². The summed E-state index contributed by atoms with van der Waals surface area (Å²) in [4.78, 5) is 0.236. The predicted molar refractivity (Wildman–Crippen MR) is 98.5 cm³/mol. The molecular formula is C18H22ClFN2O2S. The molecule has 0 aromatic heterocycles. The Kier molecular flexibility index (Phi) is 6.21. The fraction of sp³-hybridized carbons (Fsp3) is 0.333. The molecule has 0 heterocycles. The van der Waals surface area contributed by atoms with Crippen LogP contribution in [0.15, 0.2) is 47.4 Å². The van der Waals surface area contributed by atoms with E-state index in [1.807, 2.05) is 0 Å². The van der Waals surface area contributed by atoms with Crippen LogP contribution in [0, 0.1) is 5.82 Å². The second-order valence-corrected chi connectivity index (χ2v) is 8.87. The van der Waals surface area contributed by atoms with Crippen molar-refractivity contribution >= 4 is 21.6 Å². The lowest BCUT2D eigenvalue weighted by Gasteiger charge is -2.21. The molecule has 2 N–H and O–H groups in total. The van der Waals surface area contributed by atoms with Crippen molar-refractivity contribution in [3.63, 3.8) is 0 Å². The highest BCUT2D eigenvalue weighted by Gasteiger charge is 2.23. The minimum absolute atomic E-state index is 0.0773. The number of benzene rings is 2. The SMILES string of the molecule is CC(C)(C)NS(=O)(=O)c1ccccc1CNCc1ccc(Cl)c(F)c1. The molecule has 4 nitrogen and oxygen atoms in total. The zero-order chi connectivity index (χ0) is 18.7. The van der Waals surface area contributed by atoms with E-state index in [0.29, 0.717) is 18.7 Å². The molecule has 0 bridgehead atoms. The van der Waals surface area contributed by atoms with Gasteiger partial charge in [-0.25, -0.2) is 17.5 Å².